The number of carbonyl (C=O) groups is 3. The Morgan fingerprint density at radius 1 is 1.04 bits per heavy atom. The van der Waals surface area contributed by atoms with Gasteiger partial charge in [-0.25, -0.2) is 0 Å². The molecule has 0 unspecified atom stereocenters. The number of para-hydroxylation sites is 1. The van der Waals surface area contributed by atoms with E-state index >= 15 is 0 Å². The van der Waals surface area contributed by atoms with Crippen molar-refractivity contribution in [3.05, 3.63) is 52.2 Å². The summed E-state index contributed by atoms with van der Waals surface area (Å²) in [6.45, 7) is 3.94. The van der Waals surface area contributed by atoms with Gasteiger partial charge in [0.05, 0.1) is 11.3 Å². The SMILES string of the molecule is CCN(C(=O)COC(=O)CCC(=O)c1ccc(C)s1)c1ccccc1. The average molecular weight is 359 g/mol. The number of benzene rings is 1. The van der Waals surface area contributed by atoms with Crippen LogP contribution in [0.2, 0.25) is 0 Å². The maximum atomic E-state index is 12.2. The van der Waals surface area contributed by atoms with E-state index in [1.807, 2.05) is 50.2 Å². The third-order valence-electron chi connectivity index (χ3n) is 3.61. The van der Waals surface area contributed by atoms with Gasteiger partial charge in [0.2, 0.25) is 0 Å². The Bertz CT molecular complexity index is 739. The second-order valence-corrected chi connectivity index (χ2v) is 6.76. The summed E-state index contributed by atoms with van der Waals surface area (Å²) in [6, 6.07) is 12.8. The number of esters is 1. The predicted octanol–water partition coefficient (Wildman–Crippen LogP) is 3.62. The largest absolute Gasteiger partial charge is 0.456 e. The van der Waals surface area contributed by atoms with E-state index in [9.17, 15) is 14.4 Å². The van der Waals surface area contributed by atoms with Crippen molar-refractivity contribution in [2.45, 2.75) is 26.7 Å². The van der Waals surface area contributed by atoms with Crippen molar-refractivity contribution in [1.82, 2.24) is 0 Å². The molecule has 2 aromatic rings. The Morgan fingerprint density at radius 3 is 2.36 bits per heavy atom. The zero-order valence-corrected chi connectivity index (χ0v) is 15.2. The molecule has 0 spiro atoms. The first kappa shape index (κ1) is 18.9. The number of amides is 1. The standard InChI is InChI=1S/C19H21NO4S/c1-3-20(15-7-5-4-6-8-15)18(22)13-24-19(23)12-10-16(21)17-11-9-14(2)25-17/h4-9,11H,3,10,12-13H2,1-2H3. The molecule has 1 amide bonds. The smallest absolute Gasteiger partial charge is 0.306 e. The van der Waals surface area contributed by atoms with Crippen molar-refractivity contribution < 1.29 is 19.1 Å². The molecule has 0 saturated heterocycles. The number of thiophene rings is 1. The fraction of sp³-hybridized carbons (Fsp3) is 0.316. The zero-order chi connectivity index (χ0) is 18.2. The fourth-order valence-corrected chi connectivity index (χ4v) is 3.16. The molecular formula is C19H21NO4S. The van der Waals surface area contributed by atoms with Crippen LogP contribution in [0.4, 0.5) is 5.69 Å². The predicted molar refractivity (Wildman–Crippen MR) is 98.0 cm³/mol. The van der Waals surface area contributed by atoms with Gasteiger partial charge in [0, 0.05) is 23.5 Å². The Balaban J connectivity index is 1.79. The molecule has 1 aromatic carbocycles. The molecule has 1 aromatic heterocycles. The molecule has 0 N–H and O–H groups in total. The van der Waals surface area contributed by atoms with Crippen LogP contribution in [-0.4, -0.2) is 30.8 Å². The van der Waals surface area contributed by atoms with E-state index in [-0.39, 0.29) is 31.1 Å². The van der Waals surface area contributed by atoms with Gasteiger partial charge < -0.3 is 9.64 Å². The number of anilines is 1. The fourth-order valence-electron chi connectivity index (χ4n) is 2.33. The second kappa shape index (κ2) is 9.13. The van der Waals surface area contributed by atoms with Crippen LogP contribution in [0.1, 0.15) is 34.3 Å². The molecule has 0 radical (unpaired) electrons. The molecule has 2 rings (SSSR count). The molecule has 0 aliphatic rings. The molecule has 0 atom stereocenters. The van der Waals surface area contributed by atoms with Crippen molar-refractivity contribution in [3.63, 3.8) is 0 Å². The van der Waals surface area contributed by atoms with E-state index in [2.05, 4.69) is 0 Å². The summed E-state index contributed by atoms with van der Waals surface area (Å²) in [5, 5.41) is 0. The van der Waals surface area contributed by atoms with E-state index in [1.165, 1.54) is 11.3 Å². The van der Waals surface area contributed by atoms with Gasteiger partial charge in [-0.3, -0.25) is 14.4 Å². The first-order valence-corrected chi connectivity index (χ1v) is 8.93. The van der Waals surface area contributed by atoms with Crippen LogP contribution < -0.4 is 4.90 Å². The molecule has 5 nitrogen and oxygen atoms in total. The first-order valence-electron chi connectivity index (χ1n) is 8.12. The molecule has 0 bridgehead atoms. The van der Waals surface area contributed by atoms with Crippen LogP contribution >= 0.6 is 11.3 Å². The van der Waals surface area contributed by atoms with Crippen molar-refractivity contribution >= 4 is 34.7 Å². The van der Waals surface area contributed by atoms with Crippen LogP contribution in [0.15, 0.2) is 42.5 Å². The number of ketones is 1. The number of ether oxygens (including phenoxy) is 1. The van der Waals surface area contributed by atoms with E-state index in [0.717, 1.165) is 10.6 Å². The molecule has 0 saturated carbocycles. The minimum atomic E-state index is -0.543. The third kappa shape index (κ3) is 5.53. The van der Waals surface area contributed by atoms with Gasteiger partial charge in [-0.1, -0.05) is 18.2 Å². The molecule has 0 aliphatic heterocycles. The Labute approximate surface area is 151 Å². The third-order valence-corrected chi connectivity index (χ3v) is 4.65. The summed E-state index contributed by atoms with van der Waals surface area (Å²) in [6.07, 6.45) is 0.0592. The summed E-state index contributed by atoms with van der Waals surface area (Å²) >= 11 is 1.41. The number of rotatable bonds is 8. The maximum Gasteiger partial charge on any atom is 0.306 e. The Kier molecular flexibility index (Phi) is 6.89. The monoisotopic (exact) mass is 359 g/mol. The minimum absolute atomic E-state index is 0.0273. The zero-order valence-electron chi connectivity index (χ0n) is 14.4. The summed E-state index contributed by atoms with van der Waals surface area (Å²) in [4.78, 5) is 39.2. The molecule has 1 heterocycles. The van der Waals surface area contributed by atoms with Crippen molar-refractivity contribution in [3.8, 4) is 0 Å². The lowest BCUT2D eigenvalue weighted by molar-refractivity contribution is -0.147. The lowest BCUT2D eigenvalue weighted by Crippen LogP contribution is -2.34. The first-order chi connectivity index (χ1) is 12.0. The minimum Gasteiger partial charge on any atom is -0.456 e. The van der Waals surface area contributed by atoms with Gasteiger partial charge in [0.1, 0.15) is 0 Å². The Hall–Kier alpha value is -2.47. The summed E-state index contributed by atoms with van der Waals surface area (Å²) in [5.74, 6) is -0.915. The highest BCUT2D eigenvalue weighted by Gasteiger charge is 2.17. The van der Waals surface area contributed by atoms with E-state index < -0.39 is 5.97 Å². The molecule has 0 fully saturated rings. The number of hydrogen-bond donors (Lipinski definition) is 0. The number of hydrogen-bond acceptors (Lipinski definition) is 5. The van der Waals surface area contributed by atoms with Gasteiger partial charge in [0.25, 0.3) is 5.91 Å². The molecule has 6 heteroatoms. The highest BCUT2D eigenvalue weighted by Crippen LogP contribution is 2.17. The topological polar surface area (TPSA) is 63.7 Å². The van der Waals surface area contributed by atoms with Crippen molar-refractivity contribution in [2.24, 2.45) is 0 Å². The molecule has 0 aliphatic carbocycles. The van der Waals surface area contributed by atoms with Gasteiger partial charge in [-0.2, -0.15) is 0 Å². The summed E-state index contributed by atoms with van der Waals surface area (Å²) in [7, 11) is 0. The van der Waals surface area contributed by atoms with Crippen LogP contribution in [0.25, 0.3) is 0 Å². The van der Waals surface area contributed by atoms with E-state index in [1.54, 1.807) is 11.0 Å². The van der Waals surface area contributed by atoms with Crippen molar-refractivity contribution in [2.75, 3.05) is 18.1 Å². The average Bonchev–Trinajstić information content (AvgIpc) is 3.06. The van der Waals surface area contributed by atoms with Crippen LogP contribution in [-0.2, 0) is 14.3 Å². The second-order valence-electron chi connectivity index (χ2n) is 5.47. The number of nitrogens with zero attached hydrogens (tertiary/aromatic N) is 1. The summed E-state index contributed by atoms with van der Waals surface area (Å²) in [5.41, 5.74) is 0.759. The van der Waals surface area contributed by atoms with Crippen LogP contribution in [0.5, 0.6) is 0 Å². The molecular weight excluding hydrogens is 338 g/mol. The van der Waals surface area contributed by atoms with Crippen molar-refractivity contribution in [1.29, 1.82) is 0 Å². The maximum absolute atomic E-state index is 12.2. The quantitative estimate of drug-likeness (QED) is 0.533. The molecule has 132 valence electrons. The lowest BCUT2D eigenvalue weighted by Gasteiger charge is -2.20. The van der Waals surface area contributed by atoms with E-state index in [4.69, 9.17) is 4.74 Å². The number of Topliss-reactive ketones (excluding diaryl/α,β-unsaturated/α-hetero) is 1. The normalized spacial score (nSPS) is 10.3. The highest BCUT2D eigenvalue weighted by molar-refractivity contribution is 7.14. The molecule has 25 heavy (non-hydrogen) atoms. The summed E-state index contributed by atoms with van der Waals surface area (Å²) < 4.78 is 5.02. The number of carbonyl (C=O) groups excluding carboxylic acids is 3. The van der Waals surface area contributed by atoms with Gasteiger partial charge in [-0.15, -0.1) is 11.3 Å². The number of aryl methyl sites for hydroxylation is 1. The van der Waals surface area contributed by atoms with Crippen LogP contribution in [0, 0.1) is 6.92 Å². The van der Waals surface area contributed by atoms with Gasteiger partial charge in [0.15, 0.2) is 12.4 Å². The number of likely N-dealkylation sites (N-methyl/N-ethyl adjacent to an activating group) is 1. The van der Waals surface area contributed by atoms with E-state index in [0.29, 0.717) is 11.4 Å². The van der Waals surface area contributed by atoms with Crippen LogP contribution in [0.3, 0.4) is 0 Å². The Morgan fingerprint density at radius 2 is 1.76 bits per heavy atom. The van der Waals surface area contributed by atoms with Gasteiger partial charge in [-0.05, 0) is 38.1 Å². The van der Waals surface area contributed by atoms with Gasteiger partial charge >= 0.3 is 5.97 Å². The lowest BCUT2D eigenvalue weighted by atomic mass is 10.2. The highest BCUT2D eigenvalue weighted by atomic mass is 32.1.